The van der Waals surface area contributed by atoms with Gasteiger partial charge in [-0.1, -0.05) is 44.2 Å². The van der Waals surface area contributed by atoms with E-state index in [0.29, 0.717) is 32.2 Å². The summed E-state index contributed by atoms with van der Waals surface area (Å²) >= 11 is 0. The lowest BCUT2D eigenvalue weighted by Crippen LogP contribution is -2.48. The van der Waals surface area contributed by atoms with Crippen molar-refractivity contribution in [1.82, 2.24) is 10.6 Å². The van der Waals surface area contributed by atoms with Gasteiger partial charge in [0.2, 0.25) is 0 Å². The Morgan fingerprint density at radius 2 is 1.70 bits per heavy atom. The summed E-state index contributed by atoms with van der Waals surface area (Å²) in [4.78, 5) is 23.8. The average molecular weight is 318 g/mol. The van der Waals surface area contributed by atoms with Gasteiger partial charge in [-0.15, -0.1) is 0 Å². The number of nitrogens with one attached hydrogen (secondary N) is 2. The fourth-order valence-electron chi connectivity index (χ4n) is 2.83. The number of carbonyl (C=O) groups excluding carboxylic acids is 2. The Hall–Kier alpha value is -1.88. The van der Waals surface area contributed by atoms with Gasteiger partial charge in [0.1, 0.15) is 0 Å². The number of benzene rings is 1. The minimum atomic E-state index is -0.563. The van der Waals surface area contributed by atoms with Crippen LogP contribution in [-0.2, 0) is 19.7 Å². The van der Waals surface area contributed by atoms with Crippen molar-refractivity contribution in [2.75, 3.05) is 26.3 Å². The number of ether oxygens (including phenoxy) is 1. The monoisotopic (exact) mass is 318 g/mol. The second-order valence-corrected chi connectivity index (χ2v) is 6.55. The van der Waals surface area contributed by atoms with Crippen LogP contribution in [0.25, 0.3) is 0 Å². The predicted molar refractivity (Wildman–Crippen MR) is 89.0 cm³/mol. The first-order valence-electron chi connectivity index (χ1n) is 8.23. The average Bonchev–Trinajstić information content (AvgIpc) is 2.59. The smallest absolute Gasteiger partial charge is 0.309 e. The third-order valence-electron chi connectivity index (χ3n) is 4.30. The lowest BCUT2D eigenvalue weighted by molar-refractivity contribution is -0.139. The summed E-state index contributed by atoms with van der Waals surface area (Å²) in [5.41, 5.74) is 1.03. The second-order valence-electron chi connectivity index (χ2n) is 6.55. The van der Waals surface area contributed by atoms with E-state index in [1.807, 2.05) is 32.0 Å². The Morgan fingerprint density at radius 1 is 1.09 bits per heavy atom. The molecule has 2 N–H and O–H groups in total. The normalized spacial score (nSPS) is 16.8. The van der Waals surface area contributed by atoms with Gasteiger partial charge in [0, 0.05) is 31.7 Å². The van der Waals surface area contributed by atoms with Crippen molar-refractivity contribution in [3.63, 3.8) is 0 Å². The van der Waals surface area contributed by atoms with Crippen LogP contribution < -0.4 is 10.6 Å². The van der Waals surface area contributed by atoms with Crippen molar-refractivity contribution >= 4 is 11.8 Å². The van der Waals surface area contributed by atoms with Crippen molar-refractivity contribution in [3.8, 4) is 0 Å². The van der Waals surface area contributed by atoms with E-state index in [-0.39, 0.29) is 5.41 Å². The standard InChI is InChI=1S/C18H26N2O3/c1-14(2)12-19-16(21)17(22)20-13-18(8-10-23-11-9-18)15-6-4-3-5-7-15/h3-7,14H,8-13H2,1-2H3,(H,19,21)(H,20,22). The van der Waals surface area contributed by atoms with Crippen LogP contribution in [0.1, 0.15) is 32.3 Å². The van der Waals surface area contributed by atoms with Crippen molar-refractivity contribution < 1.29 is 14.3 Å². The molecule has 1 saturated heterocycles. The molecule has 1 aliphatic rings. The number of hydrogen-bond acceptors (Lipinski definition) is 3. The van der Waals surface area contributed by atoms with Crippen molar-refractivity contribution in [2.24, 2.45) is 5.92 Å². The molecular formula is C18H26N2O3. The number of carbonyl (C=O) groups is 2. The topological polar surface area (TPSA) is 67.4 Å². The highest BCUT2D eigenvalue weighted by Gasteiger charge is 2.35. The number of amides is 2. The third-order valence-corrected chi connectivity index (χ3v) is 4.30. The number of hydrogen-bond donors (Lipinski definition) is 2. The molecule has 0 aliphatic carbocycles. The van der Waals surface area contributed by atoms with Gasteiger partial charge in [0.15, 0.2) is 0 Å². The Balaban J connectivity index is 1.99. The summed E-state index contributed by atoms with van der Waals surface area (Å²) < 4.78 is 5.47. The summed E-state index contributed by atoms with van der Waals surface area (Å²) in [5.74, 6) is -0.806. The molecule has 1 fully saturated rings. The fraction of sp³-hybridized carbons (Fsp3) is 0.556. The molecule has 0 saturated carbocycles. The maximum absolute atomic E-state index is 12.0. The maximum Gasteiger partial charge on any atom is 0.309 e. The summed E-state index contributed by atoms with van der Waals surface area (Å²) in [6.45, 7) is 6.28. The van der Waals surface area contributed by atoms with Crippen molar-refractivity contribution in [2.45, 2.75) is 32.1 Å². The first-order valence-corrected chi connectivity index (χ1v) is 8.23. The van der Waals surface area contributed by atoms with E-state index in [1.54, 1.807) is 0 Å². The summed E-state index contributed by atoms with van der Waals surface area (Å²) in [7, 11) is 0. The Bertz CT molecular complexity index is 522. The molecule has 1 heterocycles. The van der Waals surface area contributed by atoms with Gasteiger partial charge in [-0.25, -0.2) is 0 Å². The molecule has 0 atom stereocenters. The lowest BCUT2D eigenvalue weighted by Gasteiger charge is -2.37. The highest BCUT2D eigenvalue weighted by molar-refractivity contribution is 6.35. The van der Waals surface area contributed by atoms with Gasteiger partial charge in [0.25, 0.3) is 0 Å². The first-order chi connectivity index (χ1) is 11.0. The summed E-state index contributed by atoms with van der Waals surface area (Å²) in [5, 5.41) is 5.45. The molecular weight excluding hydrogens is 292 g/mol. The largest absolute Gasteiger partial charge is 0.381 e. The molecule has 5 heteroatoms. The minimum absolute atomic E-state index is 0.159. The molecule has 2 amide bonds. The Labute approximate surface area is 137 Å². The van der Waals surface area contributed by atoms with E-state index in [0.717, 1.165) is 12.8 Å². The Kier molecular flexibility index (Phi) is 6.16. The van der Waals surface area contributed by atoms with Crippen LogP contribution in [0.15, 0.2) is 30.3 Å². The molecule has 0 radical (unpaired) electrons. The van der Waals surface area contributed by atoms with Gasteiger partial charge in [0.05, 0.1) is 0 Å². The van der Waals surface area contributed by atoms with Crippen LogP contribution >= 0.6 is 0 Å². The lowest BCUT2D eigenvalue weighted by atomic mass is 9.74. The van der Waals surface area contributed by atoms with Gasteiger partial charge in [-0.05, 0) is 24.3 Å². The first kappa shape index (κ1) is 17.5. The van der Waals surface area contributed by atoms with Crippen molar-refractivity contribution in [3.05, 3.63) is 35.9 Å². The van der Waals surface area contributed by atoms with E-state index in [1.165, 1.54) is 5.56 Å². The molecule has 1 aliphatic heterocycles. The van der Waals surface area contributed by atoms with Gasteiger partial charge < -0.3 is 15.4 Å². The molecule has 5 nitrogen and oxygen atoms in total. The van der Waals surface area contributed by atoms with E-state index in [2.05, 4.69) is 22.8 Å². The third kappa shape index (κ3) is 4.79. The van der Waals surface area contributed by atoms with Crippen LogP contribution in [0, 0.1) is 5.92 Å². The molecule has 126 valence electrons. The summed E-state index contributed by atoms with van der Waals surface area (Å²) in [6, 6.07) is 10.1. The van der Waals surface area contributed by atoms with E-state index in [9.17, 15) is 9.59 Å². The molecule has 1 aromatic carbocycles. The van der Waals surface area contributed by atoms with Crippen LogP contribution in [0.4, 0.5) is 0 Å². The highest BCUT2D eigenvalue weighted by atomic mass is 16.5. The summed E-state index contributed by atoms with van der Waals surface area (Å²) in [6.07, 6.45) is 1.68. The van der Waals surface area contributed by atoms with Gasteiger partial charge >= 0.3 is 11.8 Å². The SMILES string of the molecule is CC(C)CNC(=O)C(=O)NCC1(c2ccccc2)CCOCC1. The molecule has 0 spiro atoms. The van der Waals surface area contributed by atoms with Crippen molar-refractivity contribution in [1.29, 1.82) is 0 Å². The highest BCUT2D eigenvalue weighted by Crippen LogP contribution is 2.34. The second kappa shape index (κ2) is 8.11. The quantitative estimate of drug-likeness (QED) is 0.811. The van der Waals surface area contributed by atoms with Gasteiger partial charge in [-0.2, -0.15) is 0 Å². The molecule has 0 unspecified atom stereocenters. The number of rotatable bonds is 5. The minimum Gasteiger partial charge on any atom is -0.381 e. The molecule has 23 heavy (non-hydrogen) atoms. The molecule has 0 bridgehead atoms. The van der Waals surface area contributed by atoms with Gasteiger partial charge in [-0.3, -0.25) is 9.59 Å². The molecule has 0 aromatic heterocycles. The predicted octanol–water partition coefficient (Wildman–Crippen LogP) is 1.62. The van der Waals surface area contributed by atoms with Crippen LogP contribution in [0.2, 0.25) is 0 Å². The zero-order valence-electron chi connectivity index (χ0n) is 13.9. The zero-order chi connectivity index (χ0) is 16.7. The Morgan fingerprint density at radius 3 is 2.30 bits per heavy atom. The van der Waals surface area contributed by atoms with E-state index >= 15 is 0 Å². The zero-order valence-corrected chi connectivity index (χ0v) is 13.9. The van der Waals surface area contributed by atoms with E-state index < -0.39 is 11.8 Å². The maximum atomic E-state index is 12.0. The van der Waals surface area contributed by atoms with Crippen LogP contribution in [0.3, 0.4) is 0 Å². The molecule has 1 aromatic rings. The fourth-order valence-corrected chi connectivity index (χ4v) is 2.83. The van der Waals surface area contributed by atoms with E-state index in [4.69, 9.17) is 4.74 Å². The molecule has 2 rings (SSSR count). The van der Waals surface area contributed by atoms with Crippen LogP contribution in [0.5, 0.6) is 0 Å². The van der Waals surface area contributed by atoms with Crippen LogP contribution in [-0.4, -0.2) is 38.1 Å².